The van der Waals surface area contributed by atoms with Gasteiger partial charge >= 0.3 is 5.97 Å². The molecule has 0 amide bonds. The SMILES string of the molecule is COc1cc(/C=N\NC(N)=S)ccc1OCC(=O)OC(C)C. The molecular weight excluding hydrogens is 306 g/mol. The van der Waals surface area contributed by atoms with Gasteiger partial charge in [0.25, 0.3) is 0 Å². The lowest BCUT2D eigenvalue weighted by atomic mass is 10.2. The van der Waals surface area contributed by atoms with Crippen LogP contribution in [-0.2, 0) is 9.53 Å². The van der Waals surface area contributed by atoms with Crippen molar-refractivity contribution in [1.82, 2.24) is 5.43 Å². The molecule has 0 aromatic heterocycles. The Bertz CT molecular complexity index is 561. The number of hydrogen-bond donors (Lipinski definition) is 2. The van der Waals surface area contributed by atoms with Crippen LogP contribution in [0.15, 0.2) is 23.3 Å². The van der Waals surface area contributed by atoms with Crippen molar-refractivity contribution in [2.24, 2.45) is 10.8 Å². The molecule has 1 aromatic carbocycles. The Morgan fingerprint density at radius 1 is 1.45 bits per heavy atom. The molecule has 0 saturated carbocycles. The van der Waals surface area contributed by atoms with Gasteiger partial charge in [-0.1, -0.05) is 0 Å². The van der Waals surface area contributed by atoms with Gasteiger partial charge in [-0.15, -0.1) is 0 Å². The minimum absolute atomic E-state index is 0.0758. The fourth-order valence-corrected chi connectivity index (χ4v) is 1.54. The van der Waals surface area contributed by atoms with Crippen LogP contribution in [0.5, 0.6) is 11.5 Å². The molecule has 7 nitrogen and oxygen atoms in total. The largest absolute Gasteiger partial charge is 0.493 e. The van der Waals surface area contributed by atoms with Crippen molar-refractivity contribution < 1.29 is 19.0 Å². The molecular formula is C14H19N3O4S. The first-order valence-electron chi connectivity index (χ1n) is 6.51. The van der Waals surface area contributed by atoms with E-state index in [1.54, 1.807) is 32.0 Å². The Kier molecular flexibility index (Phi) is 7.11. The number of esters is 1. The zero-order valence-corrected chi connectivity index (χ0v) is 13.5. The van der Waals surface area contributed by atoms with E-state index in [2.05, 4.69) is 22.7 Å². The number of carbonyl (C=O) groups excluding carboxylic acids is 1. The Balaban J connectivity index is 2.70. The Morgan fingerprint density at radius 2 is 2.18 bits per heavy atom. The first-order valence-corrected chi connectivity index (χ1v) is 6.92. The Hall–Kier alpha value is -2.35. The lowest BCUT2D eigenvalue weighted by Gasteiger charge is -2.12. The van der Waals surface area contributed by atoms with Gasteiger partial charge in [-0.2, -0.15) is 5.10 Å². The highest BCUT2D eigenvalue weighted by Crippen LogP contribution is 2.27. The van der Waals surface area contributed by atoms with Crippen molar-refractivity contribution in [3.8, 4) is 11.5 Å². The van der Waals surface area contributed by atoms with Gasteiger partial charge in [0.1, 0.15) is 0 Å². The summed E-state index contributed by atoms with van der Waals surface area (Å²) < 4.78 is 15.6. The summed E-state index contributed by atoms with van der Waals surface area (Å²) in [6, 6.07) is 5.12. The third-order valence-electron chi connectivity index (χ3n) is 2.29. The maximum absolute atomic E-state index is 11.5. The lowest BCUT2D eigenvalue weighted by molar-refractivity contribution is -0.149. The molecule has 120 valence electrons. The second kappa shape index (κ2) is 8.83. The summed E-state index contributed by atoms with van der Waals surface area (Å²) in [6.45, 7) is 3.35. The van der Waals surface area contributed by atoms with E-state index in [9.17, 15) is 4.79 Å². The van der Waals surface area contributed by atoms with Gasteiger partial charge in [0, 0.05) is 0 Å². The van der Waals surface area contributed by atoms with E-state index in [4.69, 9.17) is 19.9 Å². The predicted octanol–water partition coefficient (Wildman–Crippen LogP) is 1.19. The van der Waals surface area contributed by atoms with Gasteiger partial charge in [-0.3, -0.25) is 5.43 Å². The number of hydrazone groups is 1. The predicted molar refractivity (Wildman–Crippen MR) is 87.2 cm³/mol. The molecule has 0 fully saturated rings. The van der Waals surface area contributed by atoms with E-state index in [0.717, 1.165) is 5.56 Å². The number of carbonyl (C=O) groups is 1. The van der Waals surface area contributed by atoms with Crippen molar-refractivity contribution >= 4 is 29.5 Å². The second-order valence-electron chi connectivity index (χ2n) is 4.47. The van der Waals surface area contributed by atoms with Gasteiger partial charge in [-0.05, 0) is 49.8 Å². The van der Waals surface area contributed by atoms with Crippen LogP contribution >= 0.6 is 12.2 Å². The maximum atomic E-state index is 11.5. The van der Waals surface area contributed by atoms with Crippen molar-refractivity contribution in [3.63, 3.8) is 0 Å². The number of hydrogen-bond acceptors (Lipinski definition) is 6. The molecule has 0 aliphatic heterocycles. The van der Waals surface area contributed by atoms with Crippen LogP contribution in [0.3, 0.4) is 0 Å². The monoisotopic (exact) mass is 325 g/mol. The highest BCUT2D eigenvalue weighted by molar-refractivity contribution is 7.80. The average Bonchev–Trinajstić information content (AvgIpc) is 2.44. The first kappa shape index (κ1) is 17.7. The molecule has 1 rings (SSSR count). The number of ether oxygens (including phenoxy) is 3. The quantitative estimate of drug-likeness (QED) is 0.336. The molecule has 8 heteroatoms. The van der Waals surface area contributed by atoms with Crippen LogP contribution in [0.25, 0.3) is 0 Å². The van der Waals surface area contributed by atoms with Gasteiger partial charge in [0.15, 0.2) is 23.2 Å². The number of nitrogens with two attached hydrogens (primary N) is 1. The highest BCUT2D eigenvalue weighted by Gasteiger charge is 2.10. The molecule has 0 aliphatic rings. The zero-order chi connectivity index (χ0) is 16.5. The number of rotatable bonds is 7. The van der Waals surface area contributed by atoms with Crippen LogP contribution < -0.4 is 20.6 Å². The summed E-state index contributed by atoms with van der Waals surface area (Å²) in [4.78, 5) is 11.5. The van der Waals surface area contributed by atoms with E-state index in [1.807, 2.05) is 0 Å². The molecule has 0 spiro atoms. The highest BCUT2D eigenvalue weighted by atomic mass is 32.1. The summed E-state index contributed by atoms with van der Waals surface area (Å²) in [5.41, 5.74) is 8.45. The van der Waals surface area contributed by atoms with Gasteiger partial charge in [0.2, 0.25) is 0 Å². The van der Waals surface area contributed by atoms with E-state index in [1.165, 1.54) is 13.3 Å². The van der Waals surface area contributed by atoms with E-state index in [-0.39, 0.29) is 17.8 Å². The van der Waals surface area contributed by atoms with Gasteiger partial charge < -0.3 is 19.9 Å². The van der Waals surface area contributed by atoms with Crippen molar-refractivity contribution in [3.05, 3.63) is 23.8 Å². The topological polar surface area (TPSA) is 95.2 Å². The number of benzene rings is 1. The molecule has 0 aliphatic carbocycles. The van der Waals surface area contributed by atoms with Crippen molar-refractivity contribution in [1.29, 1.82) is 0 Å². The molecule has 0 bridgehead atoms. The minimum atomic E-state index is -0.441. The summed E-state index contributed by atoms with van der Waals surface area (Å²) in [5.74, 6) is 0.461. The molecule has 0 radical (unpaired) electrons. The zero-order valence-electron chi connectivity index (χ0n) is 12.7. The molecule has 0 atom stereocenters. The molecule has 0 saturated heterocycles. The number of thiocarbonyl (C=S) groups is 1. The van der Waals surface area contributed by atoms with Crippen LogP contribution in [0.2, 0.25) is 0 Å². The van der Waals surface area contributed by atoms with Gasteiger partial charge in [0.05, 0.1) is 19.4 Å². The van der Waals surface area contributed by atoms with E-state index < -0.39 is 5.97 Å². The molecule has 0 unspecified atom stereocenters. The van der Waals surface area contributed by atoms with Crippen molar-refractivity contribution in [2.75, 3.05) is 13.7 Å². The smallest absolute Gasteiger partial charge is 0.344 e. The second-order valence-corrected chi connectivity index (χ2v) is 4.91. The molecule has 3 N–H and O–H groups in total. The van der Waals surface area contributed by atoms with Crippen LogP contribution in [0.1, 0.15) is 19.4 Å². The van der Waals surface area contributed by atoms with Crippen molar-refractivity contribution in [2.45, 2.75) is 20.0 Å². The fourth-order valence-electron chi connectivity index (χ4n) is 1.49. The molecule has 0 heterocycles. The third kappa shape index (κ3) is 6.40. The number of methoxy groups -OCH3 is 1. The summed E-state index contributed by atoms with van der Waals surface area (Å²) in [6.07, 6.45) is 1.34. The molecule has 22 heavy (non-hydrogen) atoms. The minimum Gasteiger partial charge on any atom is -0.493 e. The number of nitrogens with one attached hydrogen (secondary N) is 1. The lowest BCUT2D eigenvalue weighted by Crippen LogP contribution is -2.23. The first-order chi connectivity index (χ1) is 10.4. The summed E-state index contributed by atoms with van der Waals surface area (Å²) in [5, 5.41) is 3.92. The van der Waals surface area contributed by atoms with Crippen LogP contribution in [0, 0.1) is 0 Å². The average molecular weight is 325 g/mol. The Labute approximate surface area is 134 Å². The normalized spacial score (nSPS) is 10.5. The van der Waals surface area contributed by atoms with Crippen LogP contribution in [-0.4, -0.2) is 37.1 Å². The summed E-state index contributed by atoms with van der Waals surface area (Å²) in [7, 11) is 1.50. The van der Waals surface area contributed by atoms with Gasteiger partial charge in [-0.25, -0.2) is 4.79 Å². The van der Waals surface area contributed by atoms with E-state index >= 15 is 0 Å². The molecule has 1 aromatic rings. The van der Waals surface area contributed by atoms with E-state index in [0.29, 0.717) is 11.5 Å². The third-order valence-corrected chi connectivity index (χ3v) is 2.38. The standard InChI is InChI=1S/C14H19N3O4S/c1-9(2)21-13(18)8-20-11-5-4-10(6-12(11)19-3)7-16-17-14(15)22/h4-7,9H,8H2,1-3H3,(H3,15,17,22)/b16-7-. The maximum Gasteiger partial charge on any atom is 0.344 e. The number of nitrogens with zero attached hydrogens (tertiary/aromatic N) is 1. The fraction of sp³-hybridized carbons (Fsp3) is 0.357. The summed E-state index contributed by atoms with van der Waals surface area (Å²) >= 11 is 4.63. The van der Waals surface area contributed by atoms with Crippen LogP contribution in [0.4, 0.5) is 0 Å². The Morgan fingerprint density at radius 3 is 2.77 bits per heavy atom.